The third kappa shape index (κ3) is 2.81. The van der Waals surface area contributed by atoms with Crippen LogP contribution >= 0.6 is 11.6 Å². The zero-order chi connectivity index (χ0) is 17.4. The van der Waals surface area contributed by atoms with Gasteiger partial charge in [0.2, 0.25) is 0 Å². The van der Waals surface area contributed by atoms with Crippen LogP contribution in [-0.4, -0.2) is 11.7 Å². The normalized spacial score (nSPS) is 13.3. The highest BCUT2D eigenvalue weighted by Gasteiger charge is 2.17. The summed E-state index contributed by atoms with van der Waals surface area (Å²) < 4.78 is 0. The molecule has 1 aliphatic rings. The minimum Gasteiger partial charge on any atom is -0.312 e. The second-order valence-electron chi connectivity index (χ2n) is 6.15. The Morgan fingerprint density at radius 1 is 0.960 bits per heavy atom. The molecule has 3 aromatic rings. The van der Waals surface area contributed by atoms with Crippen molar-refractivity contribution < 1.29 is 9.63 Å². The van der Waals surface area contributed by atoms with Crippen LogP contribution in [0.1, 0.15) is 34.0 Å². The van der Waals surface area contributed by atoms with Gasteiger partial charge in [0.15, 0.2) is 0 Å². The highest BCUT2D eigenvalue weighted by molar-refractivity contribution is 6.33. The average Bonchev–Trinajstić information content (AvgIpc) is 3.05. The Kier molecular flexibility index (Phi) is 4.02. The van der Waals surface area contributed by atoms with Crippen LogP contribution in [0.5, 0.6) is 0 Å². The van der Waals surface area contributed by atoms with Crippen LogP contribution in [0.3, 0.4) is 0 Å². The largest absolute Gasteiger partial charge is 0.367 e. The van der Waals surface area contributed by atoms with E-state index in [2.05, 4.69) is 35.5 Å². The van der Waals surface area contributed by atoms with E-state index in [0.717, 1.165) is 23.8 Å². The van der Waals surface area contributed by atoms with Crippen molar-refractivity contribution >= 4 is 34.1 Å². The van der Waals surface area contributed by atoms with Gasteiger partial charge in [0.25, 0.3) is 0 Å². The summed E-state index contributed by atoms with van der Waals surface area (Å²) in [4.78, 5) is 17.3. The van der Waals surface area contributed by atoms with E-state index in [-0.39, 0.29) is 0 Å². The molecule has 0 fully saturated rings. The number of carbonyl (C=O) groups is 1. The van der Waals surface area contributed by atoms with E-state index < -0.39 is 5.97 Å². The van der Waals surface area contributed by atoms with E-state index in [9.17, 15) is 4.79 Å². The molecule has 3 nitrogen and oxygen atoms in total. The molecule has 0 N–H and O–H groups in total. The van der Waals surface area contributed by atoms with Gasteiger partial charge in [-0.3, -0.25) is 0 Å². The quantitative estimate of drug-likeness (QED) is 0.371. The Bertz CT molecular complexity index is 1010. The van der Waals surface area contributed by atoms with E-state index in [1.165, 1.54) is 16.5 Å². The van der Waals surface area contributed by atoms with Gasteiger partial charge in [0.05, 0.1) is 16.3 Å². The molecule has 0 radical (unpaired) electrons. The second-order valence-corrected chi connectivity index (χ2v) is 6.55. The van der Waals surface area contributed by atoms with E-state index >= 15 is 0 Å². The topological polar surface area (TPSA) is 38.7 Å². The molecule has 0 aliphatic heterocycles. The SMILES string of the molecule is C/C(=N\OC(=O)c1ccccc1Cl)c1ccc2c3c(cccc13)CC2. The molecule has 0 atom stereocenters. The molecule has 0 amide bonds. The summed E-state index contributed by atoms with van der Waals surface area (Å²) in [6.07, 6.45) is 2.15. The molecule has 0 unspecified atom stereocenters. The molecule has 0 aromatic heterocycles. The third-order valence-corrected chi connectivity index (χ3v) is 4.96. The maximum atomic E-state index is 12.2. The fourth-order valence-corrected chi connectivity index (χ4v) is 3.61. The lowest BCUT2D eigenvalue weighted by atomic mass is 9.98. The number of halogens is 1. The van der Waals surface area contributed by atoms with Crippen LogP contribution in [0.4, 0.5) is 0 Å². The maximum Gasteiger partial charge on any atom is 0.367 e. The van der Waals surface area contributed by atoms with E-state index in [4.69, 9.17) is 16.4 Å². The highest BCUT2D eigenvalue weighted by atomic mass is 35.5. The fourth-order valence-electron chi connectivity index (χ4n) is 3.40. The number of hydrogen-bond donors (Lipinski definition) is 0. The summed E-state index contributed by atoms with van der Waals surface area (Å²) in [7, 11) is 0. The third-order valence-electron chi connectivity index (χ3n) is 4.63. The number of aryl methyl sites for hydroxylation is 2. The second kappa shape index (κ2) is 6.34. The summed E-state index contributed by atoms with van der Waals surface area (Å²) in [5.41, 5.74) is 4.69. The smallest absolute Gasteiger partial charge is 0.312 e. The monoisotopic (exact) mass is 349 g/mol. The number of oxime groups is 1. The Hall–Kier alpha value is -2.65. The molecule has 1 aliphatic carbocycles. The molecule has 25 heavy (non-hydrogen) atoms. The minimum atomic E-state index is -0.559. The van der Waals surface area contributed by atoms with Gasteiger partial charge in [-0.05, 0) is 53.8 Å². The number of rotatable bonds is 3. The molecule has 0 heterocycles. The molecular weight excluding hydrogens is 334 g/mol. The highest BCUT2D eigenvalue weighted by Crippen LogP contribution is 2.33. The number of carbonyl (C=O) groups excluding carboxylic acids is 1. The van der Waals surface area contributed by atoms with Crippen LogP contribution in [0.25, 0.3) is 10.8 Å². The molecular formula is C21H16ClNO2. The van der Waals surface area contributed by atoms with Gasteiger partial charge in [-0.1, -0.05) is 59.2 Å². The summed E-state index contributed by atoms with van der Waals surface area (Å²) in [6, 6.07) is 17.3. The zero-order valence-corrected chi connectivity index (χ0v) is 14.5. The van der Waals surface area contributed by atoms with Gasteiger partial charge < -0.3 is 4.84 Å². The van der Waals surface area contributed by atoms with E-state index in [1.807, 2.05) is 6.92 Å². The van der Waals surface area contributed by atoms with Crippen molar-refractivity contribution in [1.29, 1.82) is 0 Å². The first kappa shape index (κ1) is 15.9. The van der Waals surface area contributed by atoms with Crippen molar-refractivity contribution in [1.82, 2.24) is 0 Å². The summed E-state index contributed by atoms with van der Waals surface area (Å²) in [5.74, 6) is -0.559. The van der Waals surface area contributed by atoms with Crippen LogP contribution < -0.4 is 0 Å². The molecule has 0 saturated carbocycles. The van der Waals surface area contributed by atoms with Crippen LogP contribution in [-0.2, 0) is 17.7 Å². The Balaban J connectivity index is 1.67. The van der Waals surface area contributed by atoms with Crippen molar-refractivity contribution in [3.63, 3.8) is 0 Å². The van der Waals surface area contributed by atoms with Gasteiger partial charge in [-0.25, -0.2) is 4.79 Å². The fraction of sp³-hybridized carbons (Fsp3) is 0.143. The first-order valence-electron chi connectivity index (χ1n) is 8.19. The number of benzene rings is 3. The molecule has 0 bridgehead atoms. The van der Waals surface area contributed by atoms with Crippen molar-refractivity contribution in [2.24, 2.45) is 5.16 Å². The predicted molar refractivity (Wildman–Crippen MR) is 100 cm³/mol. The van der Waals surface area contributed by atoms with Gasteiger partial charge in [0, 0.05) is 5.56 Å². The molecule has 4 heteroatoms. The number of nitrogens with zero attached hydrogens (tertiary/aromatic N) is 1. The molecule has 4 rings (SSSR count). The van der Waals surface area contributed by atoms with Gasteiger partial charge in [-0.2, -0.15) is 0 Å². The lowest BCUT2D eigenvalue weighted by Gasteiger charge is -2.08. The lowest BCUT2D eigenvalue weighted by molar-refractivity contribution is 0.0516. The molecule has 0 saturated heterocycles. The van der Waals surface area contributed by atoms with E-state index in [1.54, 1.807) is 24.3 Å². The first-order valence-corrected chi connectivity index (χ1v) is 8.57. The van der Waals surface area contributed by atoms with Crippen molar-refractivity contribution in [2.75, 3.05) is 0 Å². The maximum absolute atomic E-state index is 12.2. The predicted octanol–water partition coefficient (Wildman–Crippen LogP) is 5.17. The van der Waals surface area contributed by atoms with Gasteiger partial charge in [0.1, 0.15) is 0 Å². The van der Waals surface area contributed by atoms with Crippen LogP contribution in [0.2, 0.25) is 5.02 Å². The Morgan fingerprint density at radius 3 is 2.52 bits per heavy atom. The molecule has 0 spiro atoms. The average molecular weight is 350 g/mol. The number of hydrogen-bond acceptors (Lipinski definition) is 3. The lowest BCUT2D eigenvalue weighted by Crippen LogP contribution is -2.05. The summed E-state index contributed by atoms with van der Waals surface area (Å²) in [6.45, 7) is 1.85. The molecule has 124 valence electrons. The van der Waals surface area contributed by atoms with Gasteiger partial charge in [-0.15, -0.1) is 0 Å². The minimum absolute atomic E-state index is 0.307. The van der Waals surface area contributed by atoms with Crippen molar-refractivity contribution in [3.05, 3.63) is 81.9 Å². The standard InChI is InChI=1S/C21H16ClNO2/c1-13(23-25-21(24)18-6-2-3-8-19(18)22)16-12-11-15-10-9-14-5-4-7-17(16)20(14)15/h2-8,11-12H,9-10H2,1H3/b23-13+. The first-order chi connectivity index (χ1) is 12.1. The summed E-state index contributed by atoms with van der Waals surface area (Å²) >= 11 is 6.02. The van der Waals surface area contributed by atoms with Gasteiger partial charge >= 0.3 is 5.97 Å². The van der Waals surface area contributed by atoms with Crippen LogP contribution in [0, 0.1) is 0 Å². The Morgan fingerprint density at radius 2 is 1.72 bits per heavy atom. The van der Waals surface area contributed by atoms with E-state index in [0.29, 0.717) is 16.3 Å². The zero-order valence-electron chi connectivity index (χ0n) is 13.8. The summed E-state index contributed by atoms with van der Waals surface area (Å²) in [5, 5.41) is 6.87. The van der Waals surface area contributed by atoms with Crippen molar-refractivity contribution in [3.8, 4) is 0 Å². The molecule has 3 aromatic carbocycles. The Labute approximate surface area is 150 Å². The van der Waals surface area contributed by atoms with Crippen LogP contribution in [0.15, 0.2) is 59.8 Å². The van der Waals surface area contributed by atoms with Crippen molar-refractivity contribution in [2.45, 2.75) is 19.8 Å².